The van der Waals surface area contributed by atoms with Crippen molar-refractivity contribution >= 4 is 17.9 Å². The van der Waals surface area contributed by atoms with Gasteiger partial charge in [0.15, 0.2) is 6.10 Å². The molecule has 0 aliphatic heterocycles. The van der Waals surface area contributed by atoms with Crippen LogP contribution in [0.1, 0.15) is 252 Å². The minimum Gasteiger partial charge on any atom is -0.462 e. The Labute approximate surface area is 461 Å². The zero-order chi connectivity index (χ0) is 54.3. The third-order valence-corrected chi connectivity index (χ3v) is 12.3. The molecule has 1 atom stereocenters. The fraction of sp³-hybridized carbons (Fsp3) is 0.609. The maximum absolute atomic E-state index is 12.9. The van der Waals surface area contributed by atoms with Gasteiger partial charge in [-0.1, -0.05) is 244 Å². The molecule has 0 amide bonds. The Morgan fingerprint density at radius 1 is 0.267 bits per heavy atom. The first kappa shape index (κ1) is 70.3. The predicted molar refractivity (Wildman–Crippen MR) is 325 cm³/mol. The lowest BCUT2D eigenvalue weighted by Crippen LogP contribution is -2.30. The van der Waals surface area contributed by atoms with Crippen molar-refractivity contribution in [2.24, 2.45) is 0 Å². The minimum atomic E-state index is -0.810. The van der Waals surface area contributed by atoms with E-state index in [4.69, 9.17) is 14.2 Å². The van der Waals surface area contributed by atoms with Crippen LogP contribution in [0.15, 0.2) is 146 Å². The molecular formula is C69H110O6. The van der Waals surface area contributed by atoms with Crippen molar-refractivity contribution in [1.82, 2.24) is 0 Å². The summed E-state index contributed by atoms with van der Waals surface area (Å²) >= 11 is 0. The van der Waals surface area contributed by atoms with Gasteiger partial charge in [0, 0.05) is 19.3 Å². The molecule has 0 spiro atoms. The van der Waals surface area contributed by atoms with Gasteiger partial charge in [-0.05, 0) is 135 Å². The summed E-state index contributed by atoms with van der Waals surface area (Å²) in [4.78, 5) is 38.3. The van der Waals surface area contributed by atoms with Crippen LogP contribution in [0.2, 0.25) is 0 Å². The van der Waals surface area contributed by atoms with Crippen LogP contribution in [-0.2, 0) is 28.6 Å². The third-order valence-electron chi connectivity index (χ3n) is 12.3. The van der Waals surface area contributed by atoms with E-state index in [1.807, 2.05) is 0 Å². The van der Waals surface area contributed by atoms with Gasteiger partial charge in [0.2, 0.25) is 0 Å². The van der Waals surface area contributed by atoms with Crippen LogP contribution in [0.4, 0.5) is 0 Å². The van der Waals surface area contributed by atoms with Crippen LogP contribution in [0.25, 0.3) is 0 Å². The summed E-state index contributed by atoms with van der Waals surface area (Å²) in [5, 5.41) is 0. The highest BCUT2D eigenvalue weighted by Gasteiger charge is 2.19. The number of ether oxygens (including phenoxy) is 3. The van der Waals surface area contributed by atoms with E-state index < -0.39 is 6.10 Å². The lowest BCUT2D eigenvalue weighted by atomic mass is 10.1. The second-order valence-corrected chi connectivity index (χ2v) is 19.5. The van der Waals surface area contributed by atoms with Gasteiger partial charge in [0.05, 0.1) is 0 Å². The maximum Gasteiger partial charge on any atom is 0.306 e. The summed E-state index contributed by atoms with van der Waals surface area (Å²) in [5.41, 5.74) is 0. The third kappa shape index (κ3) is 60.0. The van der Waals surface area contributed by atoms with Crippen molar-refractivity contribution in [2.75, 3.05) is 13.2 Å². The number of hydrogen-bond donors (Lipinski definition) is 0. The van der Waals surface area contributed by atoms with Crippen molar-refractivity contribution < 1.29 is 28.6 Å². The number of unbranched alkanes of at least 4 members (excludes halogenated alkanes) is 18. The van der Waals surface area contributed by atoms with Gasteiger partial charge in [0.1, 0.15) is 13.2 Å². The summed E-state index contributed by atoms with van der Waals surface area (Å²) in [6, 6.07) is 0. The van der Waals surface area contributed by atoms with Crippen LogP contribution < -0.4 is 0 Å². The highest BCUT2D eigenvalue weighted by atomic mass is 16.6. The summed E-state index contributed by atoms with van der Waals surface area (Å²) in [5.74, 6) is -0.965. The summed E-state index contributed by atoms with van der Waals surface area (Å²) in [6.07, 6.45) is 88.4. The van der Waals surface area contributed by atoms with Crippen LogP contribution in [0.3, 0.4) is 0 Å². The van der Waals surface area contributed by atoms with E-state index in [1.165, 1.54) is 57.8 Å². The molecule has 0 aromatic rings. The van der Waals surface area contributed by atoms with Gasteiger partial charge in [-0.3, -0.25) is 14.4 Å². The molecule has 0 bridgehead atoms. The molecule has 0 N–H and O–H groups in total. The summed E-state index contributed by atoms with van der Waals surface area (Å²) < 4.78 is 16.9. The van der Waals surface area contributed by atoms with Crippen LogP contribution in [0, 0.1) is 0 Å². The maximum atomic E-state index is 12.9. The topological polar surface area (TPSA) is 78.9 Å². The molecule has 75 heavy (non-hydrogen) atoms. The Bertz CT molecular complexity index is 1660. The van der Waals surface area contributed by atoms with Gasteiger partial charge in [0.25, 0.3) is 0 Å². The Balaban J connectivity index is 4.43. The van der Waals surface area contributed by atoms with Crippen LogP contribution in [-0.4, -0.2) is 37.2 Å². The normalized spacial score (nSPS) is 13.2. The van der Waals surface area contributed by atoms with Crippen molar-refractivity contribution in [3.8, 4) is 0 Å². The first-order valence-corrected chi connectivity index (χ1v) is 30.3. The number of hydrogen-bond acceptors (Lipinski definition) is 6. The standard InChI is InChI=1S/C69H110O6/c1-4-7-10-13-16-19-22-25-28-30-31-32-33-34-35-36-37-39-41-44-47-50-53-56-59-62-68(71)74-65-66(64-73-67(70)61-58-55-52-49-46-43-40-27-24-21-18-15-12-9-6-3)75-69(72)63-60-57-54-51-48-45-42-38-29-26-23-20-17-14-11-8-5-2/h7-12,16-21,25-29,31-32,34-35,40,46,49,66H,4-6,13-15,22-24,30,33,36-39,41-45,47-48,50-65H2,1-3H3/b10-7-,11-8-,12-9-,19-16-,20-17-,21-18-,28-25-,29-26-,32-31-,35-34-,40-27-,49-46-. The zero-order valence-electron chi connectivity index (χ0n) is 48.3. The quantitative estimate of drug-likeness (QED) is 0.0261. The molecule has 0 aliphatic carbocycles. The lowest BCUT2D eigenvalue weighted by Gasteiger charge is -2.18. The largest absolute Gasteiger partial charge is 0.462 e. The van der Waals surface area contributed by atoms with Gasteiger partial charge >= 0.3 is 17.9 Å². The average molecular weight is 1040 g/mol. The molecule has 0 aromatic carbocycles. The van der Waals surface area contributed by atoms with E-state index in [-0.39, 0.29) is 31.1 Å². The first-order chi connectivity index (χ1) is 37.0. The highest BCUT2D eigenvalue weighted by Crippen LogP contribution is 2.14. The molecule has 0 radical (unpaired) electrons. The number of esters is 3. The van der Waals surface area contributed by atoms with Crippen molar-refractivity contribution in [3.05, 3.63) is 146 Å². The Morgan fingerprint density at radius 3 is 0.773 bits per heavy atom. The van der Waals surface area contributed by atoms with E-state index in [9.17, 15) is 14.4 Å². The average Bonchev–Trinajstić information content (AvgIpc) is 3.41. The molecule has 1 unspecified atom stereocenters. The summed E-state index contributed by atoms with van der Waals surface area (Å²) in [7, 11) is 0. The van der Waals surface area contributed by atoms with Crippen LogP contribution in [0.5, 0.6) is 0 Å². The molecule has 0 fully saturated rings. The molecule has 422 valence electrons. The number of allylic oxidation sites excluding steroid dienone is 24. The van der Waals surface area contributed by atoms with Gasteiger partial charge in [-0.2, -0.15) is 0 Å². The van der Waals surface area contributed by atoms with Gasteiger partial charge < -0.3 is 14.2 Å². The molecule has 6 nitrogen and oxygen atoms in total. The van der Waals surface area contributed by atoms with Gasteiger partial charge in [-0.15, -0.1) is 0 Å². The lowest BCUT2D eigenvalue weighted by molar-refractivity contribution is -0.167. The van der Waals surface area contributed by atoms with Crippen LogP contribution >= 0.6 is 0 Å². The Morgan fingerprint density at radius 2 is 0.480 bits per heavy atom. The molecule has 0 saturated carbocycles. The first-order valence-electron chi connectivity index (χ1n) is 30.3. The second kappa shape index (κ2) is 61.8. The molecule has 0 saturated heterocycles. The van der Waals surface area contributed by atoms with E-state index in [0.717, 1.165) is 148 Å². The number of carbonyl (C=O) groups excluding carboxylic acids is 3. The van der Waals surface area contributed by atoms with Gasteiger partial charge in [-0.25, -0.2) is 0 Å². The molecule has 6 heteroatoms. The smallest absolute Gasteiger partial charge is 0.306 e. The fourth-order valence-electron chi connectivity index (χ4n) is 7.89. The number of carbonyl (C=O) groups is 3. The van der Waals surface area contributed by atoms with E-state index >= 15 is 0 Å². The van der Waals surface area contributed by atoms with Crippen molar-refractivity contribution in [1.29, 1.82) is 0 Å². The van der Waals surface area contributed by atoms with E-state index in [0.29, 0.717) is 25.7 Å². The minimum absolute atomic E-state index is 0.104. The Hall–Kier alpha value is -4.71. The van der Waals surface area contributed by atoms with E-state index in [2.05, 4.69) is 167 Å². The SMILES string of the molecule is CC/C=C\C/C=C\C/C=C\C/C=C\C/C=C\CCCCCCCCCCCC(=O)OCC(COC(=O)CCCC/C=C\C/C=C\C/C=C\C/C=C\CC)OC(=O)CCCCCCCCC/C=C\C/C=C\C/C=C\CC. The zero-order valence-corrected chi connectivity index (χ0v) is 48.3. The molecule has 0 rings (SSSR count). The monoisotopic (exact) mass is 1030 g/mol. The molecule has 0 aromatic heterocycles. The molecule has 0 aliphatic rings. The second-order valence-electron chi connectivity index (χ2n) is 19.5. The fourth-order valence-corrected chi connectivity index (χ4v) is 7.89. The number of rotatable bonds is 53. The van der Waals surface area contributed by atoms with E-state index in [1.54, 1.807) is 0 Å². The van der Waals surface area contributed by atoms with Crippen molar-refractivity contribution in [3.63, 3.8) is 0 Å². The highest BCUT2D eigenvalue weighted by molar-refractivity contribution is 5.71. The van der Waals surface area contributed by atoms with Crippen molar-refractivity contribution in [2.45, 2.75) is 258 Å². The Kier molecular flexibility index (Phi) is 58.0. The molecular weight excluding hydrogens is 925 g/mol. The summed E-state index contributed by atoms with van der Waals surface area (Å²) in [6.45, 7) is 6.25. The predicted octanol–water partition coefficient (Wildman–Crippen LogP) is 20.8. The molecule has 0 heterocycles.